The Hall–Kier alpha value is -0.860. The fourth-order valence-corrected chi connectivity index (χ4v) is 1.65. The summed E-state index contributed by atoms with van der Waals surface area (Å²) in [5.41, 5.74) is 2.00. The van der Waals surface area contributed by atoms with Crippen molar-refractivity contribution in [3.05, 3.63) is 35.4 Å². The third-order valence-electron chi connectivity index (χ3n) is 2.73. The molecule has 0 saturated heterocycles. The minimum Gasteiger partial charge on any atom is -0.390 e. The van der Waals surface area contributed by atoms with Crippen molar-refractivity contribution in [2.75, 3.05) is 6.54 Å². The molecule has 1 aromatic rings. The van der Waals surface area contributed by atoms with Crippen molar-refractivity contribution in [2.24, 2.45) is 0 Å². The van der Waals surface area contributed by atoms with Gasteiger partial charge < -0.3 is 10.4 Å². The van der Waals surface area contributed by atoms with E-state index in [4.69, 9.17) is 0 Å². The highest BCUT2D eigenvalue weighted by molar-refractivity contribution is 5.24. The van der Waals surface area contributed by atoms with E-state index in [1.165, 1.54) is 11.1 Å². The molecule has 0 heterocycles. The van der Waals surface area contributed by atoms with Gasteiger partial charge in [-0.15, -0.1) is 0 Å². The molecule has 0 aliphatic carbocycles. The van der Waals surface area contributed by atoms with Gasteiger partial charge in [-0.1, -0.05) is 29.8 Å². The first kappa shape index (κ1) is 13.2. The second kappa shape index (κ2) is 5.46. The first-order chi connectivity index (χ1) is 7.38. The maximum Gasteiger partial charge on any atom is 0.0603 e. The lowest BCUT2D eigenvalue weighted by atomic mass is 10.0. The Morgan fingerprint density at radius 2 is 2.06 bits per heavy atom. The van der Waals surface area contributed by atoms with Gasteiger partial charge in [-0.3, -0.25) is 0 Å². The maximum absolute atomic E-state index is 9.61. The van der Waals surface area contributed by atoms with Crippen LogP contribution in [0, 0.1) is 6.92 Å². The fraction of sp³-hybridized carbons (Fsp3) is 0.571. The number of rotatable bonds is 5. The van der Waals surface area contributed by atoms with Gasteiger partial charge in [-0.25, -0.2) is 0 Å². The minimum atomic E-state index is -0.584. The van der Waals surface area contributed by atoms with Crippen LogP contribution in [-0.2, 0) is 0 Å². The van der Waals surface area contributed by atoms with E-state index in [2.05, 4.69) is 43.4 Å². The zero-order valence-corrected chi connectivity index (χ0v) is 10.7. The molecule has 0 saturated carbocycles. The normalized spacial score (nSPS) is 13.8. The SMILES string of the molecule is Cc1cccc([C@H](C)NCCC(C)(C)O)c1. The number of aliphatic hydroxyl groups is 1. The smallest absolute Gasteiger partial charge is 0.0603 e. The van der Waals surface area contributed by atoms with Crippen LogP contribution in [-0.4, -0.2) is 17.3 Å². The van der Waals surface area contributed by atoms with Crippen molar-refractivity contribution < 1.29 is 5.11 Å². The summed E-state index contributed by atoms with van der Waals surface area (Å²) in [4.78, 5) is 0. The van der Waals surface area contributed by atoms with Crippen LogP contribution in [0.25, 0.3) is 0 Å². The molecular formula is C14H23NO. The summed E-state index contributed by atoms with van der Waals surface area (Å²) >= 11 is 0. The summed E-state index contributed by atoms with van der Waals surface area (Å²) in [7, 11) is 0. The minimum absolute atomic E-state index is 0.335. The summed E-state index contributed by atoms with van der Waals surface area (Å²) in [6, 6.07) is 8.85. The molecule has 0 radical (unpaired) electrons. The molecule has 0 aliphatic heterocycles. The number of nitrogens with one attached hydrogen (secondary N) is 1. The van der Waals surface area contributed by atoms with E-state index in [-0.39, 0.29) is 0 Å². The summed E-state index contributed by atoms with van der Waals surface area (Å²) in [5, 5.41) is 13.0. The molecule has 0 unspecified atom stereocenters. The molecule has 0 spiro atoms. The summed E-state index contributed by atoms with van der Waals surface area (Å²) in [6.07, 6.45) is 0.767. The van der Waals surface area contributed by atoms with Crippen LogP contribution in [0.4, 0.5) is 0 Å². The number of benzene rings is 1. The van der Waals surface area contributed by atoms with Crippen molar-refractivity contribution >= 4 is 0 Å². The number of aryl methyl sites for hydroxylation is 1. The molecule has 0 amide bonds. The Kier molecular flexibility index (Phi) is 4.51. The lowest BCUT2D eigenvalue weighted by Crippen LogP contribution is -2.28. The van der Waals surface area contributed by atoms with E-state index in [0.29, 0.717) is 6.04 Å². The molecule has 0 aromatic heterocycles. The zero-order valence-electron chi connectivity index (χ0n) is 10.7. The van der Waals surface area contributed by atoms with Gasteiger partial charge >= 0.3 is 0 Å². The van der Waals surface area contributed by atoms with Crippen LogP contribution in [0.1, 0.15) is 44.4 Å². The van der Waals surface area contributed by atoms with Gasteiger partial charge in [0.15, 0.2) is 0 Å². The third-order valence-corrected chi connectivity index (χ3v) is 2.73. The van der Waals surface area contributed by atoms with E-state index in [0.717, 1.165) is 13.0 Å². The molecule has 2 N–H and O–H groups in total. The van der Waals surface area contributed by atoms with Gasteiger partial charge in [0.25, 0.3) is 0 Å². The van der Waals surface area contributed by atoms with Gasteiger partial charge in [0, 0.05) is 6.04 Å². The largest absolute Gasteiger partial charge is 0.390 e. The first-order valence-corrected chi connectivity index (χ1v) is 5.91. The fourth-order valence-electron chi connectivity index (χ4n) is 1.65. The Morgan fingerprint density at radius 1 is 1.38 bits per heavy atom. The Bertz CT molecular complexity index is 328. The molecule has 2 heteroatoms. The predicted molar refractivity (Wildman–Crippen MR) is 68.5 cm³/mol. The van der Waals surface area contributed by atoms with Crippen molar-refractivity contribution in [1.82, 2.24) is 5.32 Å². The molecule has 2 nitrogen and oxygen atoms in total. The predicted octanol–water partition coefficient (Wildman–Crippen LogP) is 2.81. The van der Waals surface area contributed by atoms with E-state index in [1.807, 2.05) is 13.8 Å². The lowest BCUT2D eigenvalue weighted by Gasteiger charge is -2.20. The quantitative estimate of drug-likeness (QED) is 0.801. The molecule has 1 atom stereocenters. The van der Waals surface area contributed by atoms with E-state index < -0.39 is 5.60 Å². The molecule has 1 rings (SSSR count). The van der Waals surface area contributed by atoms with Crippen molar-refractivity contribution in [3.8, 4) is 0 Å². The molecule has 90 valence electrons. The molecule has 1 aromatic carbocycles. The Morgan fingerprint density at radius 3 is 2.62 bits per heavy atom. The van der Waals surface area contributed by atoms with E-state index in [9.17, 15) is 5.11 Å². The third kappa shape index (κ3) is 4.77. The van der Waals surface area contributed by atoms with Crippen molar-refractivity contribution in [3.63, 3.8) is 0 Å². The van der Waals surface area contributed by atoms with Crippen molar-refractivity contribution in [2.45, 2.75) is 45.8 Å². The highest BCUT2D eigenvalue weighted by Gasteiger charge is 2.12. The second-order valence-corrected chi connectivity index (χ2v) is 5.15. The van der Waals surface area contributed by atoms with Crippen LogP contribution in [0.3, 0.4) is 0 Å². The van der Waals surface area contributed by atoms with Crippen LogP contribution in [0.2, 0.25) is 0 Å². The molecular weight excluding hydrogens is 198 g/mol. The van der Waals surface area contributed by atoms with Gasteiger partial charge in [0.1, 0.15) is 0 Å². The molecule has 0 bridgehead atoms. The lowest BCUT2D eigenvalue weighted by molar-refractivity contribution is 0.0705. The Labute approximate surface area is 98.7 Å². The van der Waals surface area contributed by atoms with Crippen LogP contribution in [0.5, 0.6) is 0 Å². The highest BCUT2D eigenvalue weighted by atomic mass is 16.3. The highest BCUT2D eigenvalue weighted by Crippen LogP contribution is 2.14. The zero-order chi connectivity index (χ0) is 12.2. The number of hydrogen-bond donors (Lipinski definition) is 2. The average molecular weight is 221 g/mol. The summed E-state index contributed by atoms with van der Waals surface area (Å²) in [6.45, 7) is 8.77. The van der Waals surface area contributed by atoms with Gasteiger partial charge in [-0.05, 0) is 46.2 Å². The van der Waals surface area contributed by atoms with Gasteiger partial charge in [0.05, 0.1) is 5.60 Å². The van der Waals surface area contributed by atoms with Crippen molar-refractivity contribution in [1.29, 1.82) is 0 Å². The van der Waals surface area contributed by atoms with Crippen LogP contribution in [0.15, 0.2) is 24.3 Å². The van der Waals surface area contributed by atoms with E-state index in [1.54, 1.807) is 0 Å². The topological polar surface area (TPSA) is 32.3 Å². The molecule has 0 fully saturated rings. The molecule has 16 heavy (non-hydrogen) atoms. The summed E-state index contributed by atoms with van der Waals surface area (Å²) in [5.74, 6) is 0. The summed E-state index contributed by atoms with van der Waals surface area (Å²) < 4.78 is 0. The average Bonchev–Trinajstić information content (AvgIpc) is 2.15. The monoisotopic (exact) mass is 221 g/mol. The molecule has 0 aliphatic rings. The number of hydrogen-bond acceptors (Lipinski definition) is 2. The maximum atomic E-state index is 9.61. The second-order valence-electron chi connectivity index (χ2n) is 5.15. The van der Waals surface area contributed by atoms with E-state index >= 15 is 0 Å². The van der Waals surface area contributed by atoms with Gasteiger partial charge in [-0.2, -0.15) is 0 Å². The van der Waals surface area contributed by atoms with Crippen LogP contribution < -0.4 is 5.32 Å². The Balaban J connectivity index is 2.44. The van der Waals surface area contributed by atoms with Gasteiger partial charge in [0.2, 0.25) is 0 Å². The standard InChI is InChI=1S/C14H23NO/c1-11-6-5-7-13(10-11)12(2)15-9-8-14(3,4)16/h5-7,10,12,15-16H,8-9H2,1-4H3/t12-/m0/s1. The van der Waals surface area contributed by atoms with Crippen LogP contribution >= 0.6 is 0 Å². The first-order valence-electron chi connectivity index (χ1n) is 5.91.